The van der Waals surface area contributed by atoms with Crippen molar-refractivity contribution in [3.63, 3.8) is 0 Å². The van der Waals surface area contributed by atoms with E-state index in [-0.39, 0.29) is 0 Å². The third-order valence-corrected chi connectivity index (χ3v) is 1.91. The van der Waals surface area contributed by atoms with Crippen LogP contribution in [0.2, 0.25) is 0 Å². The normalized spacial score (nSPS) is 10.1. The summed E-state index contributed by atoms with van der Waals surface area (Å²) >= 11 is 4.63. The van der Waals surface area contributed by atoms with E-state index in [9.17, 15) is 9.13 Å². The van der Waals surface area contributed by atoms with Crippen LogP contribution in [0.15, 0.2) is 0 Å². The second kappa shape index (κ2) is 10.1. The van der Waals surface area contributed by atoms with Gasteiger partial charge < -0.3 is 19.6 Å². The van der Waals surface area contributed by atoms with Crippen LogP contribution in [-0.2, 0) is 48.8 Å². The van der Waals surface area contributed by atoms with Gasteiger partial charge in [-0.3, -0.25) is 0 Å². The first-order valence-electron chi connectivity index (χ1n) is 1.85. The van der Waals surface area contributed by atoms with Gasteiger partial charge in [-0.25, -0.2) is 9.13 Å². The summed E-state index contributed by atoms with van der Waals surface area (Å²) < 4.78 is 30.4. The van der Waals surface area contributed by atoms with E-state index >= 15 is 0 Å². The molecule has 0 aromatic carbocycles. The molecule has 82 valence electrons. The van der Waals surface area contributed by atoms with E-state index in [1.807, 2.05) is 0 Å². The Bertz CT molecular complexity index is 203. The summed E-state index contributed by atoms with van der Waals surface area (Å²) in [6.07, 6.45) is 0. The summed E-state index contributed by atoms with van der Waals surface area (Å²) in [7, 11) is -6.95. The van der Waals surface area contributed by atoms with E-state index < -0.39 is 15.6 Å². The molecule has 0 rings (SSSR count). The maximum absolute atomic E-state index is 9.63. The minimum atomic E-state index is -5.05. The molecule has 0 heterocycles. The average molecular weight is 335 g/mol. The summed E-state index contributed by atoms with van der Waals surface area (Å²) in [6.45, 7) is 0. The van der Waals surface area contributed by atoms with Crippen molar-refractivity contribution in [1.82, 2.24) is 0 Å². The maximum atomic E-state index is 9.63. The fraction of sp³-hybridized carbons (Fsp3) is 0. The standard InChI is InChI=1S/Ni.H4O7P2.O.P.V/c;1-8(2,3)7-9(4,5)6;;;/h;(H2,1,2,3)(H2,4,5,6);;;. The van der Waals surface area contributed by atoms with Crippen LogP contribution in [0.4, 0.5) is 0 Å². The van der Waals surface area contributed by atoms with Crippen molar-refractivity contribution in [3.8, 4) is 0 Å². The van der Waals surface area contributed by atoms with Crippen molar-refractivity contribution in [3.05, 3.63) is 0 Å². The topological polar surface area (TPSA) is 141 Å². The third-order valence-electron chi connectivity index (χ3n) is 0.213. The van der Waals surface area contributed by atoms with Crippen LogP contribution in [0.25, 0.3) is 0 Å². The summed E-state index contributed by atoms with van der Waals surface area (Å²) in [6, 6.07) is 0. The molecule has 0 saturated carbocycles. The Kier molecular flexibility index (Phi) is 15.6. The Morgan fingerprint density at radius 1 is 1.00 bits per heavy atom. The van der Waals surface area contributed by atoms with Gasteiger partial charge in [0.15, 0.2) is 0 Å². The van der Waals surface area contributed by atoms with E-state index in [1.54, 1.807) is 0 Å². The van der Waals surface area contributed by atoms with E-state index in [2.05, 4.69) is 26.0 Å². The first kappa shape index (κ1) is 20.0. The van der Waals surface area contributed by atoms with E-state index in [4.69, 9.17) is 23.2 Å². The first-order chi connectivity index (χ1) is 5.71. The molecule has 0 aromatic heterocycles. The van der Waals surface area contributed by atoms with Gasteiger partial charge in [0, 0.05) is 0 Å². The van der Waals surface area contributed by atoms with Crippen LogP contribution in [0.3, 0.4) is 0 Å². The average Bonchev–Trinajstić information content (AvgIpc) is 1.88. The van der Waals surface area contributed by atoms with Gasteiger partial charge in [0.1, 0.15) is 0 Å². The van der Waals surface area contributed by atoms with Gasteiger partial charge in [-0.15, -0.1) is 0 Å². The van der Waals surface area contributed by atoms with E-state index in [0.717, 1.165) is 17.4 Å². The molecule has 0 aliphatic rings. The minimum absolute atomic E-state index is 1.06. The molecular formula is H4NiO8P3V. The number of hydrogen-bond acceptors (Lipinski definition) is 4. The zero-order chi connectivity index (χ0) is 11.7. The molecule has 0 aromatic rings. The van der Waals surface area contributed by atoms with Crippen LogP contribution >= 0.6 is 23.0 Å². The molecule has 0 bridgehead atoms. The molecule has 13 heteroatoms. The molecule has 8 nitrogen and oxygen atoms in total. The van der Waals surface area contributed by atoms with Crippen molar-refractivity contribution >= 4 is 23.0 Å². The quantitative estimate of drug-likeness (QED) is 0.406. The molecule has 4 N–H and O–H groups in total. The van der Waals surface area contributed by atoms with Gasteiger partial charge in [0.05, 0.1) is 0 Å². The summed E-state index contributed by atoms with van der Waals surface area (Å²) in [5, 5.41) is 0. The molecular weight excluding hydrogens is 331 g/mol. The fourth-order valence-corrected chi connectivity index (χ4v) is 1.25. The summed E-state index contributed by atoms with van der Waals surface area (Å²) in [4.78, 5) is 31.0. The van der Waals surface area contributed by atoms with Gasteiger partial charge in [0.25, 0.3) is 0 Å². The van der Waals surface area contributed by atoms with Gasteiger partial charge in [-0.05, 0) is 0 Å². The van der Waals surface area contributed by atoms with Crippen molar-refractivity contribution in [2.45, 2.75) is 0 Å². The number of hydrogen-bond donors (Lipinski definition) is 4. The second-order valence-electron chi connectivity index (χ2n) is 1.06. The molecule has 0 radical (unpaired) electrons. The molecule has 0 atom stereocenters. The number of phosphoric acid groups is 2. The molecule has 0 aliphatic heterocycles. The monoisotopic (exact) mass is 334 g/mol. The molecule has 0 aliphatic carbocycles. The van der Waals surface area contributed by atoms with Crippen LogP contribution in [0.5, 0.6) is 0 Å². The van der Waals surface area contributed by atoms with Gasteiger partial charge >= 0.3 is 58.4 Å². The van der Waals surface area contributed by atoms with Crippen molar-refractivity contribution in [1.29, 1.82) is 0 Å². The zero-order valence-electron chi connectivity index (χ0n) is 5.53. The van der Waals surface area contributed by atoms with Crippen LogP contribution in [-0.4, -0.2) is 19.6 Å². The first-order valence-corrected chi connectivity index (χ1v) is 7.09. The van der Waals surface area contributed by atoms with Gasteiger partial charge in [0.2, 0.25) is 0 Å². The Morgan fingerprint density at radius 3 is 1.15 bits per heavy atom. The molecule has 0 fully saturated rings. The Morgan fingerprint density at radius 2 is 1.15 bits per heavy atom. The molecule has 0 spiro atoms. The predicted molar refractivity (Wildman–Crippen MR) is 32.8 cm³/mol. The van der Waals surface area contributed by atoms with E-state index in [1.165, 1.54) is 0 Å². The van der Waals surface area contributed by atoms with Gasteiger partial charge in [-0.1, -0.05) is 0 Å². The molecule has 0 amide bonds. The third kappa shape index (κ3) is 31.7. The number of rotatable bonds is 2. The van der Waals surface area contributed by atoms with Crippen molar-refractivity contribution in [2.75, 3.05) is 0 Å². The molecule has 13 heavy (non-hydrogen) atoms. The predicted octanol–water partition coefficient (Wildman–Crippen LogP) is -0.0742. The van der Waals surface area contributed by atoms with Crippen LogP contribution in [0, 0.1) is 0 Å². The SMILES string of the molecule is O=P(O)(O)OP(=O)(O)O.[O]=[V].[P]#[Ni]. The van der Waals surface area contributed by atoms with Crippen LogP contribution < -0.4 is 0 Å². The van der Waals surface area contributed by atoms with Gasteiger partial charge in [-0.2, -0.15) is 4.31 Å². The molecule has 0 unspecified atom stereocenters. The Labute approximate surface area is 91.4 Å². The fourth-order valence-electron chi connectivity index (χ4n) is 0.139. The second-order valence-corrected chi connectivity index (χ2v) is 3.68. The zero-order valence-corrected chi connectivity index (χ0v) is 10.6. The Balaban J connectivity index is -0.000000218. The molecule has 0 saturated heterocycles. The van der Waals surface area contributed by atoms with Crippen molar-refractivity contribution in [2.24, 2.45) is 0 Å². The van der Waals surface area contributed by atoms with E-state index in [0.29, 0.717) is 0 Å². The van der Waals surface area contributed by atoms with Crippen LogP contribution in [0.1, 0.15) is 0 Å². The summed E-state index contributed by atoms with van der Waals surface area (Å²) in [5.74, 6) is 0. The van der Waals surface area contributed by atoms with Crippen molar-refractivity contribution < 1.29 is 68.4 Å². The Hall–Kier alpha value is 1.57. The summed E-state index contributed by atoms with van der Waals surface area (Å²) in [5.41, 5.74) is 0.